The lowest BCUT2D eigenvalue weighted by molar-refractivity contribution is -0.384. The van der Waals surface area contributed by atoms with E-state index >= 15 is 0 Å². The predicted molar refractivity (Wildman–Crippen MR) is 99.8 cm³/mol. The Morgan fingerprint density at radius 1 is 1.31 bits per heavy atom. The average Bonchev–Trinajstić information content (AvgIpc) is 2.66. The molecular formula is C19H16FN3O6. The van der Waals surface area contributed by atoms with Crippen LogP contribution in [0.4, 0.5) is 21.5 Å². The number of aryl methyl sites for hydroxylation is 1. The number of esters is 1. The maximum absolute atomic E-state index is 13.4. The van der Waals surface area contributed by atoms with Gasteiger partial charge in [-0.1, -0.05) is 12.1 Å². The Hall–Kier alpha value is -3.82. The summed E-state index contributed by atoms with van der Waals surface area (Å²) in [7, 11) is 0. The minimum atomic E-state index is -0.985. The molecule has 1 unspecified atom stereocenters. The first-order chi connectivity index (χ1) is 13.7. The largest absolute Gasteiger partial charge is 0.455 e. The molecule has 0 bridgehead atoms. The molecule has 2 aromatic rings. The number of ether oxygens (including phenoxy) is 1. The van der Waals surface area contributed by atoms with Gasteiger partial charge in [-0.2, -0.15) is 0 Å². The van der Waals surface area contributed by atoms with Gasteiger partial charge < -0.3 is 15.4 Å². The Bertz CT molecular complexity index is 1020. The standard InChI is InChI=1S/C19H16FN3O6/c1-10-2-5-14(16(6-10)23(27)28)21-18(25)9-29-19(26)13-8-17(24)22-15-7-11(20)3-4-12(13)15/h2-7,13H,8-9H2,1H3,(H,21,25)(H,22,24). The highest BCUT2D eigenvalue weighted by molar-refractivity contribution is 6.01. The van der Waals surface area contributed by atoms with Crippen LogP contribution in [0.2, 0.25) is 0 Å². The summed E-state index contributed by atoms with van der Waals surface area (Å²) in [6.07, 6.45) is -0.206. The van der Waals surface area contributed by atoms with Gasteiger partial charge in [0.15, 0.2) is 6.61 Å². The van der Waals surface area contributed by atoms with Crippen LogP contribution in [0.15, 0.2) is 36.4 Å². The second kappa shape index (κ2) is 8.05. The number of carbonyl (C=O) groups is 3. The zero-order valence-electron chi connectivity index (χ0n) is 15.2. The van der Waals surface area contributed by atoms with Gasteiger partial charge in [-0.3, -0.25) is 24.5 Å². The number of anilines is 2. The molecule has 0 aliphatic carbocycles. The van der Waals surface area contributed by atoms with Crippen LogP contribution in [0.25, 0.3) is 0 Å². The first-order valence-electron chi connectivity index (χ1n) is 8.55. The molecule has 0 saturated carbocycles. The molecule has 2 aromatic carbocycles. The molecule has 3 rings (SSSR count). The van der Waals surface area contributed by atoms with Crippen LogP contribution in [0.1, 0.15) is 23.5 Å². The lowest BCUT2D eigenvalue weighted by Gasteiger charge is -2.24. The monoisotopic (exact) mass is 401 g/mol. The van der Waals surface area contributed by atoms with Crippen molar-refractivity contribution < 1.29 is 28.4 Å². The van der Waals surface area contributed by atoms with Gasteiger partial charge in [0.05, 0.1) is 10.8 Å². The summed E-state index contributed by atoms with van der Waals surface area (Å²) in [6, 6.07) is 7.88. The van der Waals surface area contributed by atoms with Crippen LogP contribution >= 0.6 is 0 Å². The fourth-order valence-corrected chi connectivity index (χ4v) is 2.97. The number of halogens is 1. The van der Waals surface area contributed by atoms with Crippen LogP contribution in [-0.4, -0.2) is 29.3 Å². The van der Waals surface area contributed by atoms with Crippen molar-refractivity contribution in [1.29, 1.82) is 0 Å². The van der Waals surface area contributed by atoms with E-state index in [4.69, 9.17) is 4.74 Å². The number of nitrogens with zero attached hydrogens (tertiary/aromatic N) is 1. The topological polar surface area (TPSA) is 128 Å². The van der Waals surface area contributed by atoms with Gasteiger partial charge in [0.2, 0.25) is 5.91 Å². The number of carbonyl (C=O) groups excluding carboxylic acids is 3. The Morgan fingerprint density at radius 3 is 2.79 bits per heavy atom. The summed E-state index contributed by atoms with van der Waals surface area (Å²) in [5.74, 6) is -3.64. The number of nitrogens with one attached hydrogen (secondary N) is 2. The van der Waals surface area contributed by atoms with Crippen molar-refractivity contribution in [3.05, 3.63) is 63.5 Å². The highest BCUT2D eigenvalue weighted by atomic mass is 19.1. The molecule has 150 valence electrons. The Labute approximate surface area is 164 Å². The summed E-state index contributed by atoms with van der Waals surface area (Å²) >= 11 is 0. The summed E-state index contributed by atoms with van der Waals surface area (Å²) in [4.78, 5) is 46.7. The van der Waals surface area contributed by atoms with Crippen molar-refractivity contribution in [3.63, 3.8) is 0 Å². The molecule has 9 nitrogen and oxygen atoms in total. The van der Waals surface area contributed by atoms with Gasteiger partial charge in [-0.25, -0.2) is 4.39 Å². The lowest BCUT2D eigenvalue weighted by Crippen LogP contribution is -2.30. The summed E-state index contributed by atoms with van der Waals surface area (Å²) in [5.41, 5.74) is 0.879. The van der Waals surface area contributed by atoms with Crippen molar-refractivity contribution in [2.24, 2.45) is 0 Å². The zero-order chi connectivity index (χ0) is 21.1. The number of nitro groups is 1. The van der Waals surface area contributed by atoms with E-state index in [0.29, 0.717) is 11.1 Å². The highest BCUT2D eigenvalue weighted by Crippen LogP contribution is 2.33. The SMILES string of the molecule is Cc1ccc(NC(=O)COC(=O)C2CC(=O)Nc3cc(F)ccc32)c([N+](=O)[O-])c1. The highest BCUT2D eigenvalue weighted by Gasteiger charge is 2.32. The van der Waals surface area contributed by atoms with E-state index < -0.39 is 41.0 Å². The van der Waals surface area contributed by atoms with Crippen molar-refractivity contribution >= 4 is 34.8 Å². The van der Waals surface area contributed by atoms with Crippen molar-refractivity contribution in [1.82, 2.24) is 0 Å². The third-order valence-corrected chi connectivity index (χ3v) is 4.31. The second-order valence-corrected chi connectivity index (χ2v) is 6.47. The van der Waals surface area contributed by atoms with E-state index in [0.717, 1.165) is 12.1 Å². The minimum absolute atomic E-state index is 0.0282. The predicted octanol–water partition coefficient (Wildman–Crippen LogP) is 2.65. The number of hydrogen-bond donors (Lipinski definition) is 2. The third kappa shape index (κ3) is 4.54. The van der Waals surface area contributed by atoms with Gasteiger partial charge in [0, 0.05) is 18.2 Å². The van der Waals surface area contributed by atoms with Crippen molar-refractivity contribution in [2.45, 2.75) is 19.3 Å². The first-order valence-corrected chi connectivity index (χ1v) is 8.55. The molecule has 1 aliphatic heterocycles. The number of nitro benzene ring substituents is 1. The minimum Gasteiger partial charge on any atom is -0.455 e. The quantitative estimate of drug-likeness (QED) is 0.450. The Balaban J connectivity index is 1.67. The van der Waals surface area contributed by atoms with Gasteiger partial charge in [-0.15, -0.1) is 0 Å². The maximum Gasteiger partial charge on any atom is 0.314 e. The molecule has 10 heteroatoms. The Kier molecular flexibility index (Phi) is 5.53. The van der Waals surface area contributed by atoms with E-state index in [1.807, 2.05) is 0 Å². The third-order valence-electron chi connectivity index (χ3n) is 4.31. The second-order valence-electron chi connectivity index (χ2n) is 6.47. The molecule has 0 radical (unpaired) electrons. The first kappa shape index (κ1) is 19.9. The van der Waals surface area contributed by atoms with Crippen molar-refractivity contribution in [2.75, 3.05) is 17.2 Å². The summed E-state index contributed by atoms with van der Waals surface area (Å²) < 4.78 is 18.3. The van der Waals surface area contributed by atoms with Crippen molar-refractivity contribution in [3.8, 4) is 0 Å². The number of fused-ring (bicyclic) bond motifs is 1. The lowest BCUT2D eigenvalue weighted by atomic mass is 9.90. The molecule has 0 spiro atoms. The molecule has 2 amide bonds. The Morgan fingerprint density at radius 2 is 2.07 bits per heavy atom. The van der Waals surface area contributed by atoms with E-state index in [-0.39, 0.29) is 23.5 Å². The van der Waals surface area contributed by atoms with Crippen LogP contribution in [-0.2, 0) is 19.1 Å². The maximum atomic E-state index is 13.4. The van der Waals surface area contributed by atoms with E-state index in [2.05, 4.69) is 10.6 Å². The average molecular weight is 401 g/mol. The van der Waals surface area contributed by atoms with Crippen LogP contribution in [0.3, 0.4) is 0 Å². The van der Waals surface area contributed by atoms with E-state index in [1.165, 1.54) is 18.2 Å². The fraction of sp³-hybridized carbons (Fsp3) is 0.211. The molecule has 2 N–H and O–H groups in total. The number of amides is 2. The van der Waals surface area contributed by atoms with Gasteiger partial charge in [0.1, 0.15) is 11.5 Å². The molecule has 0 fully saturated rings. The molecule has 1 aliphatic rings. The number of benzene rings is 2. The summed E-state index contributed by atoms with van der Waals surface area (Å²) in [5, 5.41) is 15.9. The van der Waals surface area contributed by atoms with Crippen LogP contribution < -0.4 is 10.6 Å². The van der Waals surface area contributed by atoms with Crippen LogP contribution in [0.5, 0.6) is 0 Å². The zero-order valence-corrected chi connectivity index (χ0v) is 15.2. The molecule has 0 aromatic heterocycles. The van der Waals surface area contributed by atoms with Gasteiger partial charge in [0.25, 0.3) is 11.6 Å². The van der Waals surface area contributed by atoms with Gasteiger partial charge in [-0.05, 0) is 36.2 Å². The molecule has 1 heterocycles. The molecular weight excluding hydrogens is 385 g/mol. The molecule has 29 heavy (non-hydrogen) atoms. The smallest absolute Gasteiger partial charge is 0.314 e. The number of rotatable bonds is 5. The van der Waals surface area contributed by atoms with Gasteiger partial charge >= 0.3 is 5.97 Å². The van der Waals surface area contributed by atoms with E-state index in [9.17, 15) is 28.9 Å². The number of hydrogen-bond acceptors (Lipinski definition) is 6. The van der Waals surface area contributed by atoms with E-state index in [1.54, 1.807) is 13.0 Å². The molecule has 1 atom stereocenters. The summed E-state index contributed by atoms with van der Waals surface area (Å²) in [6.45, 7) is 0.975. The normalized spacial score (nSPS) is 15.1. The molecule has 0 saturated heterocycles. The van der Waals surface area contributed by atoms with Crippen LogP contribution in [0, 0.1) is 22.9 Å². The fourth-order valence-electron chi connectivity index (χ4n) is 2.97.